The summed E-state index contributed by atoms with van der Waals surface area (Å²) in [5, 5.41) is 16.1. The van der Waals surface area contributed by atoms with Crippen LogP contribution in [0, 0.1) is 0 Å². The van der Waals surface area contributed by atoms with Crippen LogP contribution in [0.4, 0.5) is 5.69 Å². The van der Waals surface area contributed by atoms with Gasteiger partial charge < -0.3 is 20.5 Å². The second kappa shape index (κ2) is 8.76. The van der Waals surface area contributed by atoms with Gasteiger partial charge >= 0.3 is 0 Å². The van der Waals surface area contributed by atoms with Crippen molar-refractivity contribution in [3.05, 3.63) is 24.3 Å². The Kier molecular flexibility index (Phi) is 6.68. The summed E-state index contributed by atoms with van der Waals surface area (Å²) < 4.78 is 5.56. The summed E-state index contributed by atoms with van der Waals surface area (Å²) in [6, 6.07) is 7.67. The molecular formula is C17H26N2O3. The molecule has 1 aromatic rings. The molecule has 1 unspecified atom stereocenters. The highest BCUT2D eigenvalue weighted by atomic mass is 16.5. The molecule has 1 saturated carbocycles. The molecule has 0 bridgehead atoms. The average Bonchev–Trinajstić information content (AvgIpc) is 2.53. The van der Waals surface area contributed by atoms with Crippen molar-refractivity contribution >= 4 is 11.6 Å². The molecule has 1 fully saturated rings. The summed E-state index contributed by atoms with van der Waals surface area (Å²) in [6.07, 6.45) is 5.79. The standard InChI is InChI=1S/C17H26N2O3/c1-13(20)19-15-7-9-17(10-8-15)22-12-16(21)11-18-14-5-3-2-4-6-14/h7-10,14,16,18,21H,2-6,11-12H2,1H3,(H,19,20). The number of carbonyl (C=O) groups is 1. The van der Waals surface area contributed by atoms with E-state index < -0.39 is 6.10 Å². The summed E-state index contributed by atoms with van der Waals surface area (Å²) in [5.41, 5.74) is 0.736. The number of aliphatic hydroxyl groups excluding tert-OH is 1. The van der Waals surface area contributed by atoms with Gasteiger partial charge in [0.2, 0.25) is 5.91 Å². The SMILES string of the molecule is CC(=O)Nc1ccc(OCC(O)CNC2CCCCC2)cc1. The Morgan fingerprint density at radius 2 is 1.95 bits per heavy atom. The molecule has 1 aliphatic rings. The van der Waals surface area contributed by atoms with Gasteiger partial charge in [0, 0.05) is 25.2 Å². The van der Waals surface area contributed by atoms with Gasteiger partial charge in [-0.3, -0.25) is 4.79 Å². The molecule has 3 N–H and O–H groups in total. The highest BCUT2D eigenvalue weighted by Gasteiger charge is 2.14. The predicted molar refractivity (Wildman–Crippen MR) is 87.1 cm³/mol. The molecule has 0 aromatic heterocycles. The zero-order valence-corrected chi connectivity index (χ0v) is 13.2. The number of amides is 1. The summed E-state index contributed by atoms with van der Waals surface area (Å²) in [7, 11) is 0. The van der Waals surface area contributed by atoms with Crippen molar-refractivity contribution < 1.29 is 14.6 Å². The van der Waals surface area contributed by atoms with Gasteiger partial charge in [-0.2, -0.15) is 0 Å². The first-order chi connectivity index (χ1) is 10.6. The molecule has 0 aliphatic heterocycles. The summed E-state index contributed by atoms with van der Waals surface area (Å²) >= 11 is 0. The lowest BCUT2D eigenvalue weighted by atomic mass is 9.95. The first kappa shape index (κ1) is 16.8. The van der Waals surface area contributed by atoms with Crippen LogP contribution in [0.15, 0.2) is 24.3 Å². The van der Waals surface area contributed by atoms with Crippen molar-refractivity contribution in [2.24, 2.45) is 0 Å². The van der Waals surface area contributed by atoms with E-state index in [9.17, 15) is 9.90 Å². The Bertz CT molecular complexity index is 455. The van der Waals surface area contributed by atoms with E-state index in [2.05, 4.69) is 10.6 Å². The predicted octanol–water partition coefficient (Wildman–Crippen LogP) is 2.31. The molecule has 1 aromatic carbocycles. The Balaban J connectivity index is 1.66. The number of hydrogen-bond donors (Lipinski definition) is 3. The second-order valence-electron chi connectivity index (χ2n) is 5.91. The fourth-order valence-electron chi connectivity index (χ4n) is 2.70. The van der Waals surface area contributed by atoms with Crippen LogP contribution in [0.5, 0.6) is 5.75 Å². The van der Waals surface area contributed by atoms with Crippen molar-refractivity contribution in [3.63, 3.8) is 0 Å². The molecule has 1 aliphatic carbocycles. The molecule has 0 heterocycles. The number of aliphatic hydroxyl groups is 1. The fourth-order valence-corrected chi connectivity index (χ4v) is 2.70. The van der Waals surface area contributed by atoms with E-state index in [1.807, 2.05) is 0 Å². The maximum atomic E-state index is 10.9. The average molecular weight is 306 g/mol. The molecule has 5 nitrogen and oxygen atoms in total. The van der Waals surface area contributed by atoms with Crippen LogP contribution >= 0.6 is 0 Å². The van der Waals surface area contributed by atoms with E-state index in [0.717, 1.165) is 5.69 Å². The van der Waals surface area contributed by atoms with Gasteiger partial charge in [0.15, 0.2) is 0 Å². The minimum Gasteiger partial charge on any atom is -0.491 e. The Hall–Kier alpha value is -1.59. The van der Waals surface area contributed by atoms with Gasteiger partial charge in [-0.1, -0.05) is 19.3 Å². The van der Waals surface area contributed by atoms with Crippen molar-refractivity contribution in [3.8, 4) is 5.75 Å². The van der Waals surface area contributed by atoms with Crippen LogP contribution in [0.1, 0.15) is 39.0 Å². The zero-order chi connectivity index (χ0) is 15.8. The maximum Gasteiger partial charge on any atom is 0.221 e. The molecule has 0 radical (unpaired) electrons. The molecule has 122 valence electrons. The molecule has 2 rings (SSSR count). The highest BCUT2D eigenvalue weighted by molar-refractivity contribution is 5.88. The lowest BCUT2D eigenvalue weighted by Gasteiger charge is -2.24. The van der Waals surface area contributed by atoms with E-state index >= 15 is 0 Å². The largest absolute Gasteiger partial charge is 0.491 e. The van der Waals surface area contributed by atoms with Crippen LogP contribution in [0.25, 0.3) is 0 Å². The van der Waals surface area contributed by atoms with E-state index in [1.54, 1.807) is 24.3 Å². The van der Waals surface area contributed by atoms with Crippen LogP contribution in [-0.4, -0.2) is 36.3 Å². The quantitative estimate of drug-likeness (QED) is 0.723. The highest BCUT2D eigenvalue weighted by Crippen LogP contribution is 2.18. The fraction of sp³-hybridized carbons (Fsp3) is 0.588. The molecule has 1 atom stereocenters. The Morgan fingerprint density at radius 3 is 2.59 bits per heavy atom. The van der Waals surface area contributed by atoms with Crippen LogP contribution in [0.2, 0.25) is 0 Å². The van der Waals surface area contributed by atoms with Crippen molar-refractivity contribution in [2.75, 3.05) is 18.5 Å². The number of benzene rings is 1. The van der Waals surface area contributed by atoms with Crippen LogP contribution < -0.4 is 15.4 Å². The van der Waals surface area contributed by atoms with E-state index in [4.69, 9.17) is 4.74 Å². The van der Waals surface area contributed by atoms with Gasteiger partial charge in [0.25, 0.3) is 0 Å². The first-order valence-corrected chi connectivity index (χ1v) is 8.05. The third kappa shape index (κ3) is 6.03. The third-order valence-corrected chi connectivity index (χ3v) is 3.86. The Morgan fingerprint density at radius 1 is 1.27 bits per heavy atom. The first-order valence-electron chi connectivity index (χ1n) is 8.05. The number of ether oxygens (including phenoxy) is 1. The smallest absolute Gasteiger partial charge is 0.221 e. The summed E-state index contributed by atoms with van der Waals surface area (Å²) in [4.78, 5) is 10.9. The number of hydrogen-bond acceptors (Lipinski definition) is 4. The topological polar surface area (TPSA) is 70.6 Å². The summed E-state index contributed by atoms with van der Waals surface area (Å²) in [6.45, 7) is 2.30. The lowest BCUT2D eigenvalue weighted by molar-refractivity contribution is -0.114. The maximum absolute atomic E-state index is 10.9. The van der Waals surface area contributed by atoms with Crippen molar-refractivity contribution in [1.82, 2.24) is 5.32 Å². The van der Waals surface area contributed by atoms with Gasteiger partial charge in [-0.25, -0.2) is 0 Å². The Labute approximate surface area is 132 Å². The molecule has 0 saturated heterocycles. The van der Waals surface area contributed by atoms with E-state index in [1.165, 1.54) is 39.0 Å². The van der Waals surface area contributed by atoms with Gasteiger partial charge in [-0.15, -0.1) is 0 Å². The molecule has 5 heteroatoms. The molecular weight excluding hydrogens is 280 g/mol. The summed E-state index contributed by atoms with van der Waals surface area (Å²) in [5.74, 6) is 0.587. The van der Waals surface area contributed by atoms with Crippen molar-refractivity contribution in [1.29, 1.82) is 0 Å². The number of anilines is 1. The minimum absolute atomic E-state index is 0.0992. The van der Waals surface area contributed by atoms with Gasteiger partial charge in [0.1, 0.15) is 18.5 Å². The van der Waals surface area contributed by atoms with Gasteiger partial charge in [0.05, 0.1) is 0 Å². The minimum atomic E-state index is -0.517. The number of rotatable bonds is 7. The zero-order valence-electron chi connectivity index (χ0n) is 13.2. The lowest BCUT2D eigenvalue weighted by Crippen LogP contribution is -2.38. The molecule has 22 heavy (non-hydrogen) atoms. The number of nitrogens with one attached hydrogen (secondary N) is 2. The van der Waals surface area contributed by atoms with E-state index in [0.29, 0.717) is 18.3 Å². The second-order valence-corrected chi connectivity index (χ2v) is 5.91. The monoisotopic (exact) mass is 306 g/mol. The molecule has 0 spiro atoms. The van der Waals surface area contributed by atoms with Gasteiger partial charge in [-0.05, 0) is 37.1 Å². The van der Waals surface area contributed by atoms with E-state index in [-0.39, 0.29) is 12.5 Å². The molecule has 1 amide bonds. The van der Waals surface area contributed by atoms with Crippen molar-refractivity contribution in [2.45, 2.75) is 51.2 Å². The van der Waals surface area contributed by atoms with Crippen LogP contribution in [-0.2, 0) is 4.79 Å². The third-order valence-electron chi connectivity index (χ3n) is 3.86. The normalized spacial score (nSPS) is 17.0. The van der Waals surface area contributed by atoms with Crippen LogP contribution in [0.3, 0.4) is 0 Å². The number of carbonyl (C=O) groups excluding carboxylic acids is 1.